The summed E-state index contributed by atoms with van der Waals surface area (Å²) in [5.41, 5.74) is 1.37. The number of rotatable bonds is 5. The Morgan fingerprint density at radius 3 is 2.36 bits per heavy atom. The Morgan fingerprint density at radius 2 is 1.79 bits per heavy atom. The number of benzene rings is 1. The molecule has 0 fully saturated rings. The average Bonchev–Trinajstić information content (AvgIpc) is 2.19. The van der Waals surface area contributed by atoms with Gasteiger partial charge < -0.3 is 5.32 Å². The van der Waals surface area contributed by atoms with E-state index in [9.17, 15) is 0 Å². The lowest BCUT2D eigenvalue weighted by molar-refractivity contribution is 0.453. The normalized spacial score (nSPS) is 15.1. The highest BCUT2D eigenvalue weighted by molar-refractivity contribution is 5.18. The van der Waals surface area contributed by atoms with Crippen molar-refractivity contribution in [3.05, 3.63) is 35.9 Å². The van der Waals surface area contributed by atoms with Crippen molar-refractivity contribution >= 4 is 0 Å². The first-order valence-corrected chi connectivity index (χ1v) is 5.55. The van der Waals surface area contributed by atoms with Crippen LogP contribution in [0.2, 0.25) is 0 Å². The van der Waals surface area contributed by atoms with Crippen LogP contribution >= 0.6 is 0 Å². The molecule has 14 heavy (non-hydrogen) atoms. The highest BCUT2D eigenvalue weighted by atomic mass is 14.9. The van der Waals surface area contributed by atoms with E-state index >= 15 is 0 Å². The van der Waals surface area contributed by atoms with E-state index in [-0.39, 0.29) is 0 Å². The van der Waals surface area contributed by atoms with Crippen LogP contribution in [0.4, 0.5) is 0 Å². The summed E-state index contributed by atoms with van der Waals surface area (Å²) in [6, 6.07) is 11.7. The quantitative estimate of drug-likeness (QED) is 0.750. The Bertz CT molecular complexity index is 243. The lowest BCUT2D eigenvalue weighted by atomic mass is 10.1. The van der Waals surface area contributed by atoms with Crippen LogP contribution in [0.25, 0.3) is 0 Å². The Labute approximate surface area is 87.5 Å². The van der Waals surface area contributed by atoms with Crippen molar-refractivity contribution in [3.63, 3.8) is 0 Å². The van der Waals surface area contributed by atoms with Crippen molar-refractivity contribution in [2.75, 3.05) is 0 Å². The highest BCUT2D eigenvalue weighted by Gasteiger charge is 2.07. The van der Waals surface area contributed by atoms with Gasteiger partial charge in [-0.1, -0.05) is 43.7 Å². The van der Waals surface area contributed by atoms with Gasteiger partial charge in [-0.15, -0.1) is 0 Å². The van der Waals surface area contributed by atoms with Gasteiger partial charge in [0, 0.05) is 12.1 Å². The molecule has 0 saturated heterocycles. The van der Waals surface area contributed by atoms with Gasteiger partial charge in [0.1, 0.15) is 0 Å². The lowest BCUT2D eigenvalue weighted by Gasteiger charge is -2.19. The molecule has 1 aromatic rings. The van der Waals surface area contributed by atoms with E-state index in [1.165, 1.54) is 18.4 Å². The van der Waals surface area contributed by atoms with E-state index in [2.05, 4.69) is 56.4 Å². The van der Waals surface area contributed by atoms with Gasteiger partial charge >= 0.3 is 0 Å². The van der Waals surface area contributed by atoms with Crippen molar-refractivity contribution in [1.29, 1.82) is 0 Å². The Hall–Kier alpha value is -0.820. The van der Waals surface area contributed by atoms with Crippen LogP contribution in [0.3, 0.4) is 0 Å². The standard InChI is InChI=1S/C13H21N/c1-4-8-11(2)14-12(3)13-9-6-5-7-10-13/h5-7,9-12,14H,4,8H2,1-3H3/t11-,12-/m0/s1. The molecule has 78 valence electrons. The van der Waals surface area contributed by atoms with Crippen LogP contribution < -0.4 is 5.32 Å². The van der Waals surface area contributed by atoms with Crippen LogP contribution in [0.5, 0.6) is 0 Å². The molecule has 0 spiro atoms. The smallest absolute Gasteiger partial charge is 0.0294 e. The molecule has 0 heterocycles. The lowest BCUT2D eigenvalue weighted by Crippen LogP contribution is -2.28. The van der Waals surface area contributed by atoms with Crippen LogP contribution in [0.1, 0.15) is 45.2 Å². The van der Waals surface area contributed by atoms with Crippen LogP contribution in [0.15, 0.2) is 30.3 Å². The number of hydrogen-bond acceptors (Lipinski definition) is 1. The summed E-state index contributed by atoms with van der Waals surface area (Å²) in [4.78, 5) is 0. The second-order valence-corrected chi connectivity index (χ2v) is 3.99. The molecular weight excluding hydrogens is 170 g/mol. The molecule has 1 rings (SSSR count). The molecule has 2 atom stereocenters. The third-order valence-electron chi connectivity index (χ3n) is 2.56. The van der Waals surface area contributed by atoms with E-state index in [0.717, 1.165) is 0 Å². The maximum atomic E-state index is 3.60. The third-order valence-corrected chi connectivity index (χ3v) is 2.56. The Kier molecular flexibility index (Phi) is 4.68. The molecule has 0 aliphatic rings. The van der Waals surface area contributed by atoms with Crippen molar-refractivity contribution in [2.45, 2.75) is 45.7 Å². The van der Waals surface area contributed by atoms with E-state index in [1.54, 1.807) is 0 Å². The first-order valence-electron chi connectivity index (χ1n) is 5.55. The van der Waals surface area contributed by atoms with Crippen molar-refractivity contribution in [3.8, 4) is 0 Å². The SMILES string of the molecule is CCC[C@H](C)N[C@@H](C)c1ccccc1. The molecule has 0 unspecified atom stereocenters. The predicted molar refractivity (Wildman–Crippen MR) is 62.4 cm³/mol. The van der Waals surface area contributed by atoms with Gasteiger partial charge in [-0.2, -0.15) is 0 Å². The summed E-state index contributed by atoms with van der Waals surface area (Å²) in [7, 11) is 0. The summed E-state index contributed by atoms with van der Waals surface area (Å²) in [5, 5.41) is 3.60. The van der Waals surface area contributed by atoms with Gasteiger partial charge in [-0.05, 0) is 25.8 Å². The van der Waals surface area contributed by atoms with E-state index in [1.807, 2.05) is 0 Å². The molecule has 1 aromatic carbocycles. The van der Waals surface area contributed by atoms with E-state index in [0.29, 0.717) is 12.1 Å². The molecule has 0 aliphatic heterocycles. The fraction of sp³-hybridized carbons (Fsp3) is 0.538. The molecule has 1 N–H and O–H groups in total. The minimum absolute atomic E-state index is 0.456. The van der Waals surface area contributed by atoms with Crippen molar-refractivity contribution in [2.24, 2.45) is 0 Å². The molecule has 0 bridgehead atoms. The molecule has 1 nitrogen and oxygen atoms in total. The van der Waals surface area contributed by atoms with E-state index in [4.69, 9.17) is 0 Å². The zero-order chi connectivity index (χ0) is 10.4. The predicted octanol–water partition coefficient (Wildman–Crippen LogP) is 3.53. The minimum atomic E-state index is 0.456. The van der Waals surface area contributed by atoms with Crippen LogP contribution in [0, 0.1) is 0 Å². The van der Waals surface area contributed by atoms with Gasteiger partial charge in [0.05, 0.1) is 0 Å². The zero-order valence-corrected chi connectivity index (χ0v) is 9.46. The zero-order valence-electron chi connectivity index (χ0n) is 9.46. The second-order valence-electron chi connectivity index (χ2n) is 3.99. The number of hydrogen-bond donors (Lipinski definition) is 1. The van der Waals surface area contributed by atoms with Gasteiger partial charge in [0.2, 0.25) is 0 Å². The summed E-state index contributed by atoms with van der Waals surface area (Å²) in [6.45, 7) is 6.70. The van der Waals surface area contributed by atoms with Crippen LogP contribution in [-0.4, -0.2) is 6.04 Å². The Morgan fingerprint density at radius 1 is 1.14 bits per heavy atom. The molecule has 1 heteroatoms. The molecule has 0 aliphatic carbocycles. The minimum Gasteiger partial charge on any atom is -0.308 e. The monoisotopic (exact) mass is 191 g/mol. The second kappa shape index (κ2) is 5.82. The molecule has 0 radical (unpaired) electrons. The topological polar surface area (TPSA) is 12.0 Å². The first-order chi connectivity index (χ1) is 6.74. The maximum absolute atomic E-state index is 3.60. The van der Waals surface area contributed by atoms with Crippen LogP contribution in [-0.2, 0) is 0 Å². The van der Waals surface area contributed by atoms with Gasteiger partial charge in [0.25, 0.3) is 0 Å². The van der Waals surface area contributed by atoms with Gasteiger partial charge in [-0.25, -0.2) is 0 Å². The van der Waals surface area contributed by atoms with E-state index < -0.39 is 0 Å². The maximum Gasteiger partial charge on any atom is 0.0294 e. The van der Waals surface area contributed by atoms with Gasteiger partial charge in [-0.3, -0.25) is 0 Å². The summed E-state index contributed by atoms with van der Waals surface area (Å²) in [5.74, 6) is 0. The summed E-state index contributed by atoms with van der Waals surface area (Å²) < 4.78 is 0. The van der Waals surface area contributed by atoms with Gasteiger partial charge in [0.15, 0.2) is 0 Å². The largest absolute Gasteiger partial charge is 0.308 e. The molecule has 0 amide bonds. The summed E-state index contributed by atoms with van der Waals surface area (Å²) >= 11 is 0. The highest BCUT2D eigenvalue weighted by Crippen LogP contribution is 2.12. The number of nitrogens with one attached hydrogen (secondary N) is 1. The fourth-order valence-electron chi connectivity index (χ4n) is 1.78. The van der Waals surface area contributed by atoms with Crippen molar-refractivity contribution < 1.29 is 0 Å². The first kappa shape index (κ1) is 11.3. The Balaban J connectivity index is 2.46. The molecular formula is C13H21N. The van der Waals surface area contributed by atoms with Crippen molar-refractivity contribution in [1.82, 2.24) is 5.32 Å². The average molecular weight is 191 g/mol. The third kappa shape index (κ3) is 3.51. The summed E-state index contributed by atoms with van der Waals surface area (Å²) in [6.07, 6.45) is 2.49. The molecule has 0 aromatic heterocycles. The fourth-order valence-corrected chi connectivity index (χ4v) is 1.78. The molecule has 0 saturated carbocycles.